The Morgan fingerprint density at radius 1 is 1.53 bits per heavy atom. The van der Waals surface area contributed by atoms with Crippen molar-refractivity contribution in [1.29, 1.82) is 0 Å². The molecular weight excluding hydrogens is 316 g/mol. The van der Waals surface area contributed by atoms with Crippen LogP contribution in [-0.2, 0) is 9.53 Å². The molecule has 1 aliphatic heterocycles. The third-order valence-corrected chi connectivity index (χ3v) is 3.40. The maximum atomic E-state index is 12.3. The van der Waals surface area contributed by atoms with E-state index in [0.29, 0.717) is 10.0 Å². The molecule has 0 aliphatic carbocycles. The molecule has 2 atom stereocenters. The van der Waals surface area contributed by atoms with Crippen LogP contribution in [0.4, 0.5) is 0 Å². The highest BCUT2D eigenvalue weighted by atomic mass is 79.9. The summed E-state index contributed by atoms with van der Waals surface area (Å²) in [5.74, 6) is -0.867. The zero-order chi connectivity index (χ0) is 14.0. The highest BCUT2D eigenvalue weighted by molar-refractivity contribution is 9.10. The topological polar surface area (TPSA) is 79.7 Å². The van der Waals surface area contributed by atoms with Gasteiger partial charge in [0.25, 0.3) is 5.91 Å². The smallest absolute Gasteiger partial charge is 0.328 e. The first-order valence-corrected chi connectivity index (χ1v) is 6.49. The van der Waals surface area contributed by atoms with E-state index in [0.717, 1.165) is 0 Å². The number of aliphatic hydroxyl groups is 1. The van der Waals surface area contributed by atoms with Crippen molar-refractivity contribution in [3.63, 3.8) is 0 Å². The van der Waals surface area contributed by atoms with E-state index in [1.54, 1.807) is 12.3 Å². The number of esters is 1. The molecule has 1 amide bonds. The van der Waals surface area contributed by atoms with E-state index < -0.39 is 18.1 Å². The van der Waals surface area contributed by atoms with Gasteiger partial charge in [0.1, 0.15) is 6.04 Å². The molecule has 19 heavy (non-hydrogen) atoms. The van der Waals surface area contributed by atoms with Crippen LogP contribution in [0.15, 0.2) is 22.9 Å². The van der Waals surface area contributed by atoms with Gasteiger partial charge in [0, 0.05) is 29.8 Å². The van der Waals surface area contributed by atoms with E-state index in [1.807, 2.05) is 0 Å². The number of β-amino-alcohol motifs (C(OH)–C–C–N with tert-alkyl or cyclic N) is 1. The summed E-state index contributed by atoms with van der Waals surface area (Å²) >= 11 is 3.23. The number of pyridine rings is 1. The molecule has 0 aromatic carbocycles. The zero-order valence-electron chi connectivity index (χ0n) is 10.2. The second-order valence-corrected chi connectivity index (χ2v) is 5.19. The molecule has 1 aromatic heterocycles. The maximum absolute atomic E-state index is 12.3. The lowest BCUT2D eigenvalue weighted by molar-refractivity contribution is -0.145. The minimum absolute atomic E-state index is 0.116. The van der Waals surface area contributed by atoms with Crippen LogP contribution >= 0.6 is 15.9 Å². The predicted molar refractivity (Wildman–Crippen MR) is 69.4 cm³/mol. The molecule has 0 radical (unpaired) electrons. The number of aliphatic hydroxyl groups excluding tert-OH is 1. The molecule has 2 heterocycles. The molecular formula is C12H13BrN2O4. The lowest BCUT2D eigenvalue weighted by Crippen LogP contribution is -2.41. The van der Waals surface area contributed by atoms with E-state index >= 15 is 0 Å². The molecule has 1 N–H and O–H groups in total. The van der Waals surface area contributed by atoms with Crippen LogP contribution in [0.1, 0.15) is 16.8 Å². The van der Waals surface area contributed by atoms with Gasteiger partial charge in [-0.25, -0.2) is 4.79 Å². The van der Waals surface area contributed by atoms with Gasteiger partial charge in [-0.1, -0.05) is 0 Å². The molecule has 1 saturated heterocycles. The molecule has 7 heteroatoms. The van der Waals surface area contributed by atoms with Crippen molar-refractivity contribution in [3.05, 3.63) is 28.5 Å². The second-order valence-electron chi connectivity index (χ2n) is 4.28. The van der Waals surface area contributed by atoms with Crippen molar-refractivity contribution >= 4 is 27.8 Å². The summed E-state index contributed by atoms with van der Waals surface area (Å²) in [6.45, 7) is 0.116. The first kappa shape index (κ1) is 14.0. The van der Waals surface area contributed by atoms with Crippen molar-refractivity contribution in [3.8, 4) is 0 Å². The number of hydrogen-bond donors (Lipinski definition) is 1. The summed E-state index contributed by atoms with van der Waals surface area (Å²) in [5.41, 5.74) is 0.359. The van der Waals surface area contributed by atoms with Gasteiger partial charge in [-0.3, -0.25) is 9.78 Å². The van der Waals surface area contributed by atoms with E-state index in [2.05, 4.69) is 25.7 Å². The van der Waals surface area contributed by atoms with Gasteiger partial charge in [-0.05, 0) is 22.0 Å². The van der Waals surface area contributed by atoms with Gasteiger partial charge in [0.05, 0.1) is 18.8 Å². The summed E-state index contributed by atoms with van der Waals surface area (Å²) in [7, 11) is 1.26. The van der Waals surface area contributed by atoms with Gasteiger partial charge in [-0.15, -0.1) is 0 Å². The molecule has 0 saturated carbocycles. The summed E-state index contributed by atoms with van der Waals surface area (Å²) in [6.07, 6.45) is 2.47. The Balaban J connectivity index is 2.24. The molecule has 1 fully saturated rings. The van der Waals surface area contributed by atoms with Crippen LogP contribution in [-0.4, -0.2) is 52.7 Å². The quantitative estimate of drug-likeness (QED) is 0.804. The monoisotopic (exact) mass is 328 g/mol. The average Bonchev–Trinajstić information content (AvgIpc) is 2.79. The predicted octanol–water partition coefficient (Wildman–Crippen LogP) is 0.592. The number of ether oxygens (including phenoxy) is 1. The Morgan fingerprint density at radius 2 is 2.26 bits per heavy atom. The number of nitrogens with zero attached hydrogens (tertiary/aromatic N) is 2. The highest BCUT2D eigenvalue weighted by Crippen LogP contribution is 2.22. The van der Waals surface area contributed by atoms with Crippen molar-refractivity contribution in [1.82, 2.24) is 9.88 Å². The molecule has 0 bridgehead atoms. The van der Waals surface area contributed by atoms with E-state index in [9.17, 15) is 14.7 Å². The van der Waals surface area contributed by atoms with Crippen LogP contribution in [0.5, 0.6) is 0 Å². The number of rotatable bonds is 2. The summed E-state index contributed by atoms with van der Waals surface area (Å²) in [4.78, 5) is 29.2. The number of methoxy groups -OCH3 is 1. The number of carbonyl (C=O) groups excluding carboxylic acids is 2. The summed E-state index contributed by atoms with van der Waals surface area (Å²) in [5, 5.41) is 9.64. The number of carbonyl (C=O) groups is 2. The van der Waals surface area contributed by atoms with Crippen LogP contribution < -0.4 is 0 Å². The average molecular weight is 329 g/mol. The van der Waals surface area contributed by atoms with Crippen molar-refractivity contribution in [2.75, 3.05) is 13.7 Å². The van der Waals surface area contributed by atoms with Gasteiger partial charge in [-0.2, -0.15) is 0 Å². The Morgan fingerprint density at radius 3 is 2.89 bits per heavy atom. The number of hydrogen-bond acceptors (Lipinski definition) is 5. The minimum Gasteiger partial charge on any atom is -0.467 e. The van der Waals surface area contributed by atoms with Gasteiger partial charge in [0.15, 0.2) is 0 Å². The van der Waals surface area contributed by atoms with Crippen LogP contribution in [0, 0.1) is 0 Å². The first-order valence-electron chi connectivity index (χ1n) is 5.70. The summed E-state index contributed by atoms with van der Waals surface area (Å²) < 4.78 is 5.33. The van der Waals surface area contributed by atoms with E-state index in [-0.39, 0.29) is 18.9 Å². The fraction of sp³-hybridized carbons (Fsp3) is 0.417. The minimum atomic E-state index is -0.744. The van der Waals surface area contributed by atoms with Crippen molar-refractivity contribution < 1.29 is 19.4 Å². The number of aromatic nitrogens is 1. The second kappa shape index (κ2) is 5.66. The molecule has 2 rings (SSSR count). The van der Waals surface area contributed by atoms with Crippen LogP contribution in [0.2, 0.25) is 0 Å². The normalized spacial score (nSPS) is 22.4. The Kier molecular flexibility index (Phi) is 4.16. The van der Waals surface area contributed by atoms with Crippen molar-refractivity contribution in [2.24, 2.45) is 0 Å². The van der Waals surface area contributed by atoms with Crippen molar-refractivity contribution in [2.45, 2.75) is 18.6 Å². The van der Waals surface area contributed by atoms with Gasteiger partial charge >= 0.3 is 5.97 Å². The zero-order valence-corrected chi connectivity index (χ0v) is 11.8. The molecule has 6 nitrogen and oxygen atoms in total. The Labute approximate surface area is 118 Å². The number of likely N-dealkylation sites (tertiary alicyclic amines) is 1. The lowest BCUT2D eigenvalue weighted by atomic mass is 10.2. The van der Waals surface area contributed by atoms with E-state index in [4.69, 9.17) is 0 Å². The van der Waals surface area contributed by atoms with Crippen LogP contribution in [0.25, 0.3) is 0 Å². The molecule has 2 unspecified atom stereocenters. The SMILES string of the molecule is COC(=O)C1CC(O)CN1C(=O)c1cncc(Br)c1. The molecule has 1 aliphatic rings. The fourth-order valence-corrected chi connectivity index (χ4v) is 2.46. The first-order chi connectivity index (χ1) is 9.02. The molecule has 0 spiro atoms. The number of amides is 1. The van der Waals surface area contributed by atoms with Crippen LogP contribution in [0.3, 0.4) is 0 Å². The van der Waals surface area contributed by atoms with Gasteiger partial charge < -0.3 is 14.7 Å². The third-order valence-electron chi connectivity index (χ3n) is 2.96. The third kappa shape index (κ3) is 2.93. The van der Waals surface area contributed by atoms with E-state index in [1.165, 1.54) is 18.2 Å². The van der Waals surface area contributed by atoms with Gasteiger partial charge in [0.2, 0.25) is 0 Å². The summed E-state index contributed by atoms with van der Waals surface area (Å²) in [6, 6.07) is 0.875. The largest absolute Gasteiger partial charge is 0.467 e. The highest BCUT2D eigenvalue weighted by Gasteiger charge is 2.39. The standard InChI is InChI=1S/C12H13BrN2O4/c1-19-12(18)10-3-9(16)6-15(10)11(17)7-2-8(13)5-14-4-7/h2,4-5,9-10,16H,3,6H2,1H3. The Bertz CT molecular complexity index is 508. The Hall–Kier alpha value is -1.47. The molecule has 1 aromatic rings. The maximum Gasteiger partial charge on any atom is 0.328 e. The fourth-order valence-electron chi connectivity index (χ4n) is 2.09. The lowest BCUT2D eigenvalue weighted by Gasteiger charge is -2.22. The molecule has 102 valence electrons. The number of halogens is 1.